The summed E-state index contributed by atoms with van der Waals surface area (Å²) in [7, 11) is 0. The summed E-state index contributed by atoms with van der Waals surface area (Å²) >= 11 is 0. The first-order valence-corrected chi connectivity index (χ1v) is 10.3. The molecular formula is C26H29N2O. The molecule has 0 saturated heterocycles. The number of nitrogens with zero attached hydrogens (tertiary/aromatic N) is 1. The number of hydrogen-bond acceptors (Lipinski definition) is 1. The lowest BCUT2D eigenvalue weighted by Gasteiger charge is -2.32. The maximum Gasteiger partial charge on any atom is 0.319 e. The third-order valence-electron chi connectivity index (χ3n) is 5.29. The van der Waals surface area contributed by atoms with Crippen molar-refractivity contribution in [3.8, 4) is 0 Å². The smallest absolute Gasteiger partial charge is 0.319 e. The van der Waals surface area contributed by atoms with Crippen LogP contribution in [0.4, 0.5) is 10.5 Å². The molecule has 2 atom stereocenters. The SMILES string of the molecule is CC(Cc1cc[c]cc1)CC(CCc1ccccc1)N(C(N)=O)c1ccccc1. The second-order valence-electron chi connectivity index (χ2n) is 7.68. The van der Waals surface area contributed by atoms with Gasteiger partial charge in [-0.3, -0.25) is 4.90 Å². The molecule has 0 heterocycles. The molecule has 3 nitrogen and oxygen atoms in total. The van der Waals surface area contributed by atoms with E-state index in [4.69, 9.17) is 5.73 Å². The van der Waals surface area contributed by atoms with Crippen LogP contribution in [-0.4, -0.2) is 12.1 Å². The number of rotatable bonds is 9. The summed E-state index contributed by atoms with van der Waals surface area (Å²) in [5.74, 6) is 0.420. The molecule has 149 valence electrons. The molecular weight excluding hydrogens is 356 g/mol. The third kappa shape index (κ3) is 6.21. The second kappa shape index (κ2) is 10.5. The van der Waals surface area contributed by atoms with Gasteiger partial charge in [-0.15, -0.1) is 0 Å². The first kappa shape index (κ1) is 20.7. The number of hydrogen-bond donors (Lipinski definition) is 1. The summed E-state index contributed by atoms with van der Waals surface area (Å²) in [6.45, 7) is 2.25. The van der Waals surface area contributed by atoms with Crippen LogP contribution in [-0.2, 0) is 12.8 Å². The number of urea groups is 1. The fourth-order valence-corrected chi connectivity index (χ4v) is 3.94. The van der Waals surface area contributed by atoms with E-state index in [0.29, 0.717) is 5.92 Å². The van der Waals surface area contributed by atoms with Crippen LogP contribution in [0.2, 0.25) is 0 Å². The van der Waals surface area contributed by atoms with E-state index >= 15 is 0 Å². The Morgan fingerprint density at radius 2 is 1.55 bits per heavy atom. The predicted octanol–water partition coefficient (Wildman–Crippen LogP) is 5.64. The van der Waals surface area contributed by atoms with Crippen molar-refractivity contribution in [3.05, 3.63) is 102 Å². The largest absolute Gasteiger partial charge is 0.351 e. The van der Waals surface area contributed by atoms with Gasteiger partial charge in [-0.1, -0.05) is 79.7 Å². The van der Waals surface area contributed by atoms with Crippen LogP contribution in [0.25, 0.3) is 0 Å². The highest BCUT2D eigenvalue weighted by molar-refractivity contribution is 5.91. The van der Waals surface area contributed by atoms with Gasteiger partial charge in [0.15, 0.2) is 0 Å². The van der Waals surface area contributed by atoms with Crippen LogP contribution in [0.15, 0.2) is 84.9 Å². The first-order valence-electron chi connectivity index (χ1n) is 10.3. The van der Waals surface area contributed by atoms with Crippen molar-refractivity contribution >= 4 is 11.7 Å². The Kier molecular flexibility index (Phi) is 7.46. The highest BCUT2D eigenvalue weighted by Gasteiger charge is 2.25. The zero-order valence-electron chi connectivity index (χ0n) is 17.0. The molecule has 0 aromatic heterocycles. The molecule has 0 bridgehead atoms. The summed E-state index contributed by atoms with van der Waals surface area (Å²) in [6.07, 6.45) is 3.64. The standard InChI is InChI=1S/C26H29N2O/c1-21(19-23-13-7-3-8-14-23)20-25(18-17-22-11-5-2-6-12-22)28(26(27)29)24-15-9-4-10-16-24/h2,4-16,21,25H,17-20H2,1H3,(H2,27,29). The van der Waals surface area contributed by atoms with Gasteiger partial charge in [-0.05, 0) is 60.9 Å². The van der Waals surface area contributed by atoms with Crippen LogP contribution >= 0.6 is 0 Å². The van der Waals surface area contributed by atoms with Gasteiger partial charge < -0.3 is 5.73 Å². The van der Waals surface area contributed by atoms with Crippen molar-refractivity contribution < 1.29 is 4.79 Å². The maximum absolute atomic E-state index is 12.4. The van der Waals surface area contributed by atoms with Crippen molar-refractivity contribution in [1.82, 2.24) is 0 Å². The summed E-state index contributed by atoms with van der Waals surface area (Å²) in [5, 5.41) is 0. The van der Waals surface area contributed by atoms with Crippen molar-refractivity contribution in [2.75, 3.05) is 4.90 Å². The van der Waals surface area contributed by atoms with Crippen LogP contribution in [0.5, 0.6) is 0 Å². The summed E-state index contributed by atoms with van der Waals surface area (Å²) in [5.41, 5.74) is 9.28. The number of aryl methyl sites for hydroxylation is 1. The van der Waals surface area contributed by atoms with Gasteiger partial charge in [-0.25, -0.2) is 4.79 Å². The van der Waals surface area contributed by atoms with E-state index in [2.05, 4.69) is 49.4 Å². The van der Waals surface area contributed by atoms with Crippen molar-refractivity contribution in [2.24, 2.45) is 11.7 Å². The molecule has 0 aliphatic rings. The van der Waals surface area contributed by atoms with E-state index in [1.54, 1.807) is 4.90 Å². The molecule has 0 aliphatic carbocycles. The minimum absolute atomic E-state index is 0.0420. The van der Waals surface area contributed by atoms with Crippen molar-refractivity contribution in [2.45, 2.75) is 38.6 Å². The van der Waals surface area contributed by atoms with E-state index in [1.807, 2.05) is 48.5 Å². The van der Waals surface area contributed by atoms with E-state index in [9.17, 15) is 4.79 Å². The first-order chi connectivity index (χ1) is 14.1. The average Bonchev–Trinajstić information content (AvgIpc) is 2.74. The number of benzene rings is 3. The molecule has 0 fully saturated rings. The Morgan fingerprint density at radius 1 is 0.931 bits per heavy atom. The van der Waals surface area contributed by atoms with Gasteiger partial charge in [-0.2, -0.15) is 0 Å². The molecule has 3 aromatic carbocycles. The lowest BCUT2D eigenvalue weighted by molar-refractivity contribution is 0.249. The lowest BCUT2D eigenvalue weighted by atomic mass is 9.90. The average molecular weight is 386 g/mol. The quantitative estimate of drug-likeness (QED) is 0.509. The summed E-state index contributed by atoms with van der Waals surface area (Å²) in [6, 6.07) is 31.0. The van der Waals surface area contributed by atoms with E-state index in [0.717, 1.165) is 31.4 Å². The van der Waals surface area contributed by atoms with Gasteiger partial charge in [0.05, 0.1) is 0 Å². The van der Waals surface area contributed by atoms with Gasteiger partial charge in [0.25, 0.3) is 0 Å². The van der Waals surface area contributed by atoms with Crippen molar-refractivity contribution in [3.63, 3.8) is 0 Å². The monoisotopic (exact) mass is 385 g/mol. The fraction of sp³-hybridized carbons (Fsp3) is 0.269. The maximum atomic E-state index is 12.4. The molecule has 2 unspecified atom stereocenters. The van der Waals surface area contributed by atoms with Gasteiger partial charge >= 0.3 is 6.03 Å². The molecule has 2 amide bonds. The number of primary amides is 1. The molecule has 0 spiro atoms. The molecule has 3 aromatic rings. The van der Waals surface area contributed by atoms with Crippen LogP contribution in [0.3, 0.4) is 0 Å². The van der Waals surface area contributed by atoms with E-state index in [1.165, 1.54) is 11.1 Å². The Hall–Kier alpha value is -3.07. The Morgan fingerprint density at radius 3 is 2.17 bits per heavy atom. The number of carbonyl (C=O) groups excluding carboxylic acids is 1. The topological polar surface area (TPSA) is 46.3 Å². The molecule has 2 N–H and O–H groups in total. The minimum atomic E-state index is -0.393. The summed E-state index contributed by atoms with van der Waals surface area (Å²) < 4.78 is 0. The highest BCUT2D eigenvalue weighted by atomic mass is 16.2. The van der Waals surface area contributed by atoms with Gasteiger partial charge in [0.2, 0.25) is 0 Å². The number of nitrogens with two attached hydrogens (primary N) is 1. The Bertz CT molecular complexity index is 865. The zero-order valence-corrected chi connectivity index (χ0v) is 17.0. The van der Waals surface area contributed by atoms with E-state index < -0.39 is 6.03 Å². The number of amides is 2. The van der Waals surface area contributed by atoms with Crippen LogP contribution in [0.1, 0.15) is 30.9 Å². The van der Waals surface area contributed by atoms with Gasteiger partial charge in [0.1, 0.15) is 0 Å². The summed E-state index contributed by atoms with van der Waals surface area (Å²) in [4.78, 5) is 14.2. The predicted molar refractivity (Wildman–Crippen MR) is 120 cm³/mol. The molecule has 3 heteroatoms. The van der Waals surface area contributed by atoms with Crippen LogP contribution < -0.4 is 10.6 Å². The number of anilines is 1. The zero-order chi connectivity index (χ0) is 20.5. The highest BCUT2D eigenvalue weighted by Crippen LogP contribution is 2.25. The molecule has 3 rings (SSSR count). The van der Waals surface area contributed by atoms with E-state index in [-0.39, 0.29) is 6.04 Å². The van der Waals surface area contributed by atoms with Gasteiger partial charge in [0, 0.05) is 11.7 Å². The molecule has 29 heavy (non-hydrogen) atoms. The van der Waals surface area contributed by atoms with Crippen LogP contribution in [0, 0.1) is 12.0 Å². The normalized spacial score (nSPS) is 12.9. The molecule has 1 radical (unpaired) electrons. The molecule has 0 aliphatic heterocycles. The Labute approximate surface area is 174 Å². The number of para-hydroxylation sites is 1. The lowest BCUT2D eigenvalue weighted by Crippen LogP contribution is -2.45. The molecule has 0 saturated carbocycles. The third-order valence-corrected chi connectivity index (χ3v) is 5.29. The number of carbonyl (C=O) groups is 1. The minimum Gasteiger partial charge on any atom is -0.351 e. The van der Waals surface area contributed by atoms with Crippen molar-refractivity contribution in [1.29, 1.82) is 0 Å². The second-order valence-corrected chi connectivity index (χ2v) is 7.68. The fourth-order valence-electron chi connectivity index (χ4n) is 3.94. The Balaban J connectivity index is 1.78.